The zero-order valence-electron chi connectivity index (χ0n) is 17.4. The normalized spacial score (nSPS) is 25.2. The third kappa shape index (κ3) is 5.18. The summed E-state index contributed by atoms with van der Waals surface area (Å²) in [5.74, 6) is -2.13. The van der Waals surface area contributed by atoms with Crippen molar-refractivity contribution >= 4 is 11.9 Å². The monoisotopic (exact) mass is 464 g/mol. The van der Waals surface area contributed by atoms with Gasteiger partial charge in [-0.3, -0.25) is 4.79 Å². The number of hydrogen-bond acceptors (Lipinski definition) is 11. The van der Waals surface area contributed by atoms with Crippen molar-refractivity contribution in [1.82, 2.24) is 0 Å². The van der Waals surface area contributed by atoms with Crippen molar-refractivity contribution in [3.05, 3.63) is 47.5 Å². The Labute approximate surface area is 188 Å². The Bertz CT molecular complexity index is 1030. The third-order valence-corrected chi connectivity index (χ3v) is 5.04. The van der Waals surface area contributed by atoms with E-state index in [0.29, 0.717) is 5.56 Å². The summed E-state index contributed by atoms with van der Waals surface area (Å²) in [4.78, 5) is 12.8. The van der Waals surface area contributed by atoms with E-state index >= 15 is 0 Å². The van der Waals surface area contributed by atoms with Crippen LogP contribution in [0.5, 0.6) is 28.7 Å². The lowest BCUT2D eigenvalue weighted by atomic mass is 9.99. The molecule has 5 atom stereocenters. The first-order valence-electron chi connectivity index (χ1n) is 9.78. The van der Waals surface area contributed by atoms with E-state index in [0.717, 1.165) is 18.2 Å². The highest BCUT2D eigenvalue weighted by Crippen LogP contribution is 2.36. The number of allylic oxidation sites excluding steroid dienone is 1. The largest absolute Gasteiger partial charge is 0.508 e. The number of aromatic hydroxyl groups is 3. The molecule has 178 valence electrons. The molecule has 0 amide bonds. The number of rotatable bonds is 7. The van der Waals surface area contributed by atoms with E-state index in [2.05, 4.69) is 0 Å². The molecule has 33 heavy (non-hydrogen) atoms. The van der Waals surface area contributed by atoms with Gasteiger partial charge in [0.25, 0.3) is 0 Å². The van der Waals surface area contributed by atoms with Gasteiger partial charge in [0.15, 0.2) is 17.3 Å². The highest BCUT2D eigenvalue weighted by atomic mass is 16.7. The molecule has 0 aromatic heterocycles. The summed E-state index contributed by atoms with van der Waals surface area (Å²) < 4.78 is 15.7. The molecular formula is C22H24O11. The fourth-order valence-corrected chi connectivity index (χ4v) is 3.27. The van der Waals surface area contributed by atoms with Crippen LogP contribution in [0.2, 0.25) is 0 Å². The van der Waals surface area contributed by atoms with E-state index in [1.54, 1.807) is 0 Å². The second-order valence-electron chi connectivity index (χ2n) is 7.28. The lowest BCUT2D eigenvalue weighted by Crippen LogP contribution is -2.60. The summed E-state index contributed by atoms with van der Waals surface area (Å²) in [5.41, 5.74) is 0.111. The molecule has 3 rings (SSSR count). The van der Waals surface area contributed by atoms with Crippen LogP contribution in [0.4, 0.5) is 0 Å². The number of phenols is 3. The summed E-state index contributed by atoms with van der Waals surface area (Å²) in [5, 5.41) is 69.1. The second-order valence-corrected chi connectivity index (χ2v) is 7.28. The average Bonchev–Trinajstić information content (AvgIpc) is 2.78. The minimum absolute atomic E-state index is 0.0904. The molecule has 1 aliphatic rings. The molecule has 11 heteroatoms. The standard InChI is InChI=1S/C22H24O11/c1-31-15-6-10(2-4-12(15)25)3-5-13(26)18-14(27)7-11(24)8-16(18)32-22-21(30)20(29)19(28)17(9-23)33-22/h2-8,17,19-25,27-30H,9H2,1H3/t17-,19-,20+,21-,22-/m1/s1. The molecule has 0 bridgehead atoms. The molecule has 7 N–H and O–H groups in total. The van der Waals surface area contributed by atoms with Crippen LogP contribution >= 0.6 is 0 Å². The summed E-state index contributed by atoms with van der Waals surface area (Å²) >= 11 is 0. The van der Waals surface area contributed by atoms with Crippen LogP contribution in [0.1, 0.15) is 15.9 Å². The number of ether oxygens (including phenoxy) is 3. The Kier molecular flexibility index (Phi) is 7.41. The van der Waals surface area contributed by atoms with Gasteiger partial charge in [-0.25, -0.2) is 0 Å². The Morgan fingerprint density at radius 3 is 2.39 bits per heavy atom. The van der Waals surface area contributed by atoms with Gasteiger partial charge in [-0.1, -0.05) is 12.1 Å². The van der Waals surface area contributed by atoms with E-state index in [1.165, 1.54) is 31.4 Å². The number of aliphatic hydroxyl groups excluding tert-OH is 4. The quantitative estimate of drug-likeness (QED) is 0.214. The minimum atomic E-state index is -1.77. The van der Waals surface area contributed by atoms with Crippen molar-refractivity contribution < 1.29 is 54.8 Å². The van der Waals surface area contributed by atoms with E-state index < -0.39 is 54.6 Å². The maximum Gasteiger partial charge on any atom is 0.229 e. The fraction of sp³-hybridized carbons (Fsp3) is 0.318. The maximum atomic E-state index is 12.8. The van der Waals surface area contributed by atoms with Crippen molar-refractivity contribution in [2.24, 2.45) is 0 Å². The molecule has 11 nitrogen and oxygen atoms in total. The average molecular weight is 464 g/mol. The van der Waals surface area contributed by atoms with E-state index in [1.807, 2.05) is 0 Å². The Morgan fingerprint density at radius 2 is 1.73 bits per heavy atom. The van der Waals surface area contributed by atoms with E-state index in [-0.39, 0.29) is 22.8 Å². The molecule has 2 aromatic carbocycles. The van der Waals surface area contributed by atoms with Crippen molar-refractivity contribution in [3.8, 4) is 28.7 Å². The van der Waals surface area contributed by atoms with Gasteiger partial charge in [-0.2, -0.15) is 0 Å². The molecule has 0 aliphatic carbocycles. The van der Waals surface area contributed by atoms with Crippen molar-refractivity contribution in [2.75, 3.05) is 13.7 Å². The van der Waals surface area contributed by atoms with Crippen LogP contribution in [-0.4, -0.2) is 86.0 Å². The van der Waals surface area contributed by atoms with Gasteiger partial charge in [0.2, 0.25) is 6.29 Å². The molecule has 0 radical (unpaired) electrons. The van der Waals surface area contributed by atoms with Crippen molar-refractivity contribution in [2.45, 2.75) is 30.7 Å². The number of carbonyl (C=O) groups excluding carboxylic acids is 1. The topological polar surface area (TPSA) is 186 Å². The van der Waals surface area contributed by atoms with Crippen molar-refractivity contribution in [1.29, 1.82) is 0 Å². The first kappa shape index (κ1) is 24.3. The number of hydrogen-bond donors (Lipinski definition) is 7. The number of phenolic OH excluding ortho intramolecular Hbond substituents is 3. The third-order valence-electron chi connectivity index (χ3n) is 5.04. The maximum absolute atomic E-state index is 12.8. The van der Waals surface area contributed by atoms with E-state index in [4.69, 9.17) is 14.2 Å². The lowest BCUT2D eigenvalue weighted by Gasteiger charge is -2.39. The van der Waals surface area contributed by atoms with Crippen LogP contribution in [0.3, 0.4) is 0 Å². The van der Waals surface area contributed by atoms with Gasteiger partial charge < -0.3 is 50.0 Å². The summed E-state index contributed by atoms with van der Waals surface area (Å²) in [6.45, 7) is -0.694. The first-order chi connectivity index (χ1) is 15.7. The molecule has 1 saturated heterocycles. The SMILES string of the molecule is COc1cc(C=CC(=O)c2c(O)cc(O)cc2O[C@@H]2O[C@H](CO)[C@@H](O)[C@H](O)[C@H]2O)ccc1O. The van der Waals surface area contributed by atoms with Crippen molar-refractivity contribution in [3.63, 3.8) is 0 Å². The summed E-state index contributed by atoms with van der Waals surface area (Å²) in [6, 6.07) is 6.26. The zero-order valence-corrected chi connectivity index (χ0v) is 17.4. The number of ketones is 1. The van der Waals surface area contributed by atoms with Crippen LogP contribution in [0.25, 0.3) is 6.08 Å². The van der Waals surface area contributed by atoms with Crippen LogP contribution < -0.4 is 9.47 Å². The Balaban J connectivity index is 1.90. The highest BCUT2D eigenvalue weighted by molar-refractivity contribution is 6.10. The number of benzene rings is 2. The lowest BCUT2D eigenvalue weighted by molar-refractivity contribution is -0.277. The number of carbonyl (C=O) groups is 1. The van der Waals surface area contributed by atoms with Crippen LogP contribution in [0, 0.1) is 0 Å². The number of methoxy groups -OCH3 is 1. The smallest absolute Gasteiger partial charge is 0.229 e. The molecular weight excluding hydrogens is 440 g/mol. The summed E-state index contributed by atoms with van der Waals surface area (Å²) in [7, 11) is 1.37. The number of aliphatic hydroxyl groups is 4. The minimum Gasteiger partial charge on any atom is -0.508 e. The molecule has 1 heterocycles. The predicted octanol–water partition coefficient (Wildman–Crippen LogP) is -0.113. The molecule has 0 unspecified atom stereocenters. The predicted molar refractivity (Wildman–Crippen MR) is 112 cm³/mol. The highest BCUT2D eigenvalue weighted by Gasteiger charge is 2.45. The fourth-order valence-electron chi connectivity index (χ4n) is 3.27. The molecule has 0 saturated carbocycles. The van der Waals surface area contributed by atoms with Crippen LogP contribution in [-0.2, 0) is 4.74 Å². The molecule has 1 aliphatic heterocycles. The van der Waals surface area contributed by atoms with Gasteiger partial charge in [0, 0.05) is 12.1 Å². The molecule has 0 spiro atoms. The Morgan fingerprint density at radius 1 is 1.00 bits per heavy atom. The second kappa shape index (κ2) is 10.1. The molecule has 2 aromatic rings. The van der Waals surface area contributed by atoms with E-state index in [9.17, 15) is 40.5 Å². The van der Waals surface area contributed by atoms with Crippen LogP contribution in [0.15, 0.2) is 36.4 Å². The van der Waals surface area contributed by atoms with Gasteiger partial charge in [-0.15, -0.1) is 0 Å². The summed E-state index contributed by atoms with van der Waals surface area (Å²) in [6.07, 6.45) is -5.53. The zero-order chi connectivity index (χ0) is 24.3. The Hall–Kier alpha value is -3.35. The first-order valence-corrected chi connectivity index (χ1v) is 9.78. The van der Waals surface area contributed by atoms with Gasteiger partial charge in [0.05, 0.1) is 13.7 Å². The van der Waals surface area contributed by atoms with Gasteiger partial charge >= 0.3 is 0 Å². The van der Waals surface area contributed by atoms with Gasteiger partial charge in [-0.05, 0) is 23.8 Å². The van der Waals surface area contributed by atoms with Gasteiger partial charge in [0.1, 0.15) is 47.2 Å². The molecule has 1 fully saturated rings.